The van der Waals surface area contributed by atoms with E-state index in [0.29, 0.717) is 11.3 Å². The molecule has 102 valence electrons. The van der Waals surface area contributed by atoms with Gasteiger partial charge in [-0.2, -0.15) is 5.10 Å². The van der Waals surface area contributed by atoms with Gasteiger partial charge in [0, 0.05) is 6.21 Å². The largest absolute Gasteiger partial charge is 0.465 e. The lowest BCUT2D eigenvalue weighted by Gasteiger charge is -2.08. The summed E-state index contributed by atoms with van der Waals surface area (Å²) < 4.78 is 5.08. The van der Waals surface area contributed by atoms with Crippen LogP contribution in [0.1, 0.15) is 17.4 Å². The van der Waals surface area contributed by atoms with Crippen LogP contribution in [-0.2, 0) is 4.79 Å². The molecule has 1 unspecified atom stereocenters. The van der Waals surface area contributed by atoms with E-state index in [2.05, 4.69) is 10.5 Å². The van der Waals surface area contributed by atoms with Crippen LogP contribution in [0.3, 0.4) is 0 Å². The zero-order chi connectivity index (χ0) is 14.2. The van der Waals surface area contributed by atoms with E-state index in [9.17, 15) is 9.90 Å². The van der Waals surface area contributed by atoms with E-state index in [0.717, 1.165) is 0 Å². The van der Waals surface area contributed by atoms with E-state index in [1.54, 1.807) is 54.8 Å². The van der Waals surface area contributed by atoms with Crippen LogP contribution in [0.4, 0.5) is 0 Å². The first kappa shape index (κ1) is 13.8. The maximum Gasteiger partial charge on any atom is 0.273 e. The Morgan fingerprint density at radius 3 is 2.75 bits per heavy atom. The van der Waals surface area contributed by atoms with E-state index < -0.39 is 12.0 Å². The number of amides is 1. The Hall–Kier alpha value is -2.66. The van der Waals surface area contributed by atoms with Crippen LogP contribution < -0.4 is 5.43 Å². The molecule has 0 spiro atoms. The molecular formula is C15H14N2O3. The van der Waals surface area contributed by atoms with Gasteiger partial charge in [-0.1, -0.05) is 30.3 Å². The van der Waals surface area contributed by atoms with Gasteiger partial charge in [0.1, 0.15) is 5.76 Å². The molecule has 5 nitrogen and oxygen atoms in total. The fourth-order valence-corrected chi connectivity index (χ4v) is 1.52. The standard InChI is InChI=1S/C15H14N2O3/c18-14(12-6-2-1-3-7-12)15(19)17-16-10-4-8-13-9-5-11-20-13/h1-11,14,18H,(H,17,19)/b8-4+,16-10?. The van der Waals surface area contributed by atoms with Crippen molar-refractivity contribution < 1.29 is 14.3 Å². The zero-order valence-corrected chi connectivity index (χ0v) is 10.6. The minimum Gasteiger partial charge on any atom is -0.465 e. The molecule has 0 saturated carbocycles. The quantitative estimate of drug-likeness (QED) is 0.645. The predicted molar refractivity (Wildman–Crippen MR) is 75.8 cm³/mol. The molecule has 2 N–H and O–H groups in total. The molecule has 2 aromatic rings. The molecule has 0 aliphatic rings. The van der Waals surface area contributed by atoms with Gasteiger partial charge in [-0.05, 0) is 29.8 Å². The lowest BCUT2D eigenvalue weighted by Crippen LogP contribution is -2.24. The number of furan rings is 1. The summed E-state index contributed by atoms with van der Waals surface area (Å²) in [5.41, 5.74) is 2.78. The Balaban J connectivity index is 1.83. The van der Waals surface area contributed by atoms with Crippen molar-refractivity contribution in [1.82, 2.24) is 5.43 Å². The van der Waals surface area contributed by atoms with Crippen LogP contribution >= 0.6 is 0 Å². The van der Waals surface area contributed by atoms with E-state index in [4.69, 9.17) is 4.42 Å². The molecule has 1 amide bonds. The van der Waals surface area contributed by atoms with E-state index in [-0.39, 0.29) is 0 Å². The molecule has 0 aliphatic heterocycles. The van der Waals surface area contributed by atoms with Crippen molar-refractivity contribution in [3.8, 4) is 0 Å². The van der Waals surface area contributed by atoms with Gasteiger partial charge in [-0.15, -0.1) is 0 Å². The Morgan fingerprint density at radius 2 is 2.05 bits per heavy atom. The van der Waals surface area contributed by atoms with Crippen molar-refractivity contribution in [1.29, 1.82) is 0 Å². The van der Waals surface area contributed by atoms with Gasteiger partial charge in [0.05, 0.1) is 6.26 Å². The molecule has 0 saturated heterocycles. The highest BCUT2D eigenvalue weighted by molar-refractivity contribution is 5.84. The van der Waals surface area contributed by atoms with E-state index in [1.165, 1.54) is 6.21 Å². The molecule has 0 fully saturated rings. The summed E-state index contributed by atoms with van der Waals surface area (Å²) in [6.07, 6.45) is 5.05. The number of nitrogens with one attached hydrogen (secondary N) is 1. The Morgan fingerprint density at radius 1 is 1.25 bits per heavy atom. The molecule has 20 heavy (non-hydrogen) atoms. The molecule has 0 aliphatic carbocycles. The maximum absolute atomic E-state index is 11.6. The molecular weight excluding hydrogens is 256 g/mol. The number of hydrogen-bond donors (Lipinski definition) is 2. The van der Waals surface area contributed by atoms with Crippen molar-refractivity contribution in [2.75, 3.05) is 0 Å². The molecule has 5 heteroatoms. The van der Waals surface area contributed by atoms with Crippen molar-refractivity contribution in [2.45, 2.75) is 6.10 Å². The first-order valence-corrected chi connectivity index (χ1v) is 6.03. The summed E-state index contributed by atoms with van der Waals surface area (Å²) in [4.78, 5) is 11.6. The zero-order valence-electron chi connectivity index (χ0n) is 10.6. The van der Waals surface area contributed by atoms with Gasteiger partial charge in [0.25, 0.3) is 5.91 Å². The van der Waals surface area contributed by atoms with Gasteiger partial charge < -0.3 is 9.52 Å². The van der Waals surface area contributed by atoms with Crippen molar-refractivity contribution in [3.05, 3.63) is 66.1 Å². The second-order valence-corrected chi connectivity index (χ2v) is 3.94. The number of rotatable bonds is 5. The number of aliphatic hydroxyl groups excluding tert-OH is 1. The normalized spacial score (nSPS) is 12.8. The summed E-state index contributed by atoms with van der Waals surface area (Å²) in [7, 11) is 0. The summed E-state index contributed by atoms with van der Waals surface area (Å²) in [5.74, 6) is 0.103. The number of hydrogen-bond acceptors (Lipinski definition) is 4. The number of benzene rings is 1. The second kappa shape index (κ2) is 7.06. The summed E-state index contributed by atoms with van der Waals surface area (Å²) in [6.45, 7) is 0. The molecule has 2 rings (SSSR count). The summed E-state index contributed by atoms with van der Waals surface area (Å²) in [6, 6.07) is 12.2. The maximum atomic E-state index is 11.6. The third-order valence-corrected chi connectivity index (χ3v) is 2.50. The van der Waals surface area contributed by atoms with Crippen LogP contribution in [0.15, 0.2) is 64.3 Å². The number of allylic oxidation sites excluding steroid dienone is 1. The number of nitrogens with zero attached hydrogens (tertiary/aromatic N) is 1. The van der Waals surface area contributed by atoms with Crippen molar-refractivity contribution in [3.63, 3.8) is 0 Å². The smallest absolute Gasteiger partial charge is 0.273 e. The monoisotopic (exact) mass is 270 g/mol. The first-order chi connectivity index (χ1) is 9.77. The molecule has 1 atom stereocenters. The number of hydrazone groups is 1. The highest BCUT2D eigenvalue weighted by atomic mass is 16.3. The molecule has 1 aromatic carbocycles. The topological polar surface area (TPSA) is 74.8 Å². The molecule has 1 heterocycles. The van der Waals surface area contributed by atoms with Gasteiger partial charge >= 0.3 is 0 Å². The predicted octanol–water partition coefficient (Wildman–Crippen LogP) is 2.13. The number of aliphatic hydroxyl groups is 1. The van der Waals surface area contributed by atoms with Crippen LogP contribution in [0.5, 0.6) is 0 Å². The summed E-state index contributed by atoms with van der Waals surface area (Å²) in [5, 5.41) is 13.5. The highest BCUT2D eigenvalue weighted by Gasteiger charge is 2.15. The second-order valence-electron chi connectivity index (χ2n) is 3.94. The highest BCUT2D eigenvalue weighted by Crippen LogP contribution is 2.11. The molecule has 0 radical (unpaired) electrons. The number of carbonyl (C=O) groups excluding carboxylic acids is 1. The fourth-order valence-electron chi connectivity index (χ4n) is 1.52. The van der Waals surface area contributed by atoms with Gasteiger partial charge in [0.15, 0.2) is 6.10 Å². The minimum atomic E-state index is -1.23. The first-order valence-electron chi connectivity index (χ1n) is 6.03. The van der Waals surface area contributed by atoms with E-state index >= 15 is 0 Å². The average Bonchev–Trinajstić information content (AvgIpc) is 3.00. The van der Waals surface area contributed by atoms with Crippen molar-refractivity contribution in [2.24, 2.45) is 5.10 Å². The third-order valence-electron chi connectivity index (χ3n) is 2.50. The van der Waals surface area contributed by atoms with Gasteiger partial charge in [-0.25, -0.2) is 5.43 Å². The Kier molecular flexibility index (Phi) is 4.86. The SMILES string of the molecule is O=C(NN=C/C=C/c1ccco1)C(O)c1ccccc1. The van der Waals surface area contributed by atoms with Gasteiger partial charge in [-0.3, -0.25) is 4.79 Å². The third kappa shape index (κ3) is 3.93. The number of carbonyl (C=O) groups is 1. The van der Waals surface area contributed by atoms with Crippen LogP contribution in [0.2, 0.25) is 0 Å². The van der Waals surface area contributed by atoms with E-state index in [1.807, 2.05) is 6.07 Å². The summed E-state index contributed by atoms with van der Waals surface area (Å²) >= 11 is 0. The van der Waals surface area contributed by atoms with Crippen LogP contribution in [-0.4, -0.2) is 17.2 Å². The fraction of sp³-hybridized carbons (Fsp3) is 0.0667. The van der Waals surface area contributed by atoms with Crippen LogP contribution in [0, 0.1) is 0 Å². The lowest BCUT2D eigenvalue weighted by atomic mass is 10.1. The molecule has 0 bridgehead atoms. The Labute approximate surface area is 116 Å². The molecule has 1 aromatic heterocycles. The van der Waals surface area contributed by atoms with Crippen LogP contribution in [0.25, 0.3) is 6.08 Å². The lowest BCUT2D eigenvalue weighted by molar-refractivity contribution is -0.129. The average molecular weight is 270 g/mol. The minimum absolute atomic E-state index is 0.520. The van der Waals surface area contributed by atoms with Gasteiger partial charge in [0.2, 0.25) is 0 Å². The Bertz CT molecular complexity index is 589. The van der Waals surface area contributed by atoms with Crippen molar-refractivity contribution >= 4 is 18.2 Å².